The van der Waals surface area contributed by atoms with Crippen molar-refractivity contribution in [2.24, 2.45) is 0 Å². The Kier molecular flexibility index (Phi) is 3.19. The van der Waals surface area contributed by atoms with Gasteiger partial charge in [-0.1, -0.05) is 6.42 Å². The second-order valence-corrected chi connectivity index (χ2v) is 5.01. The molecule has 14 heavy (non-hydrogen) atoms. The number of carbonyl (C=O) groups is 1. The second kappa shape index (κ2) is 4.41. The molecule has 1 atom stereocenters. The van der Waals surface area contributed by atoms with Gasteiger partial charge in [0, 0.05) is 0 Å². The average Bonchev–Trinajstić information content (AvgIpc) is 2.65. The van der Waals surface area contributed by atoms with Crippen LogP contribution in [0.25, 0.3) is 0 Å². The van der Waals surface area contributed by atoms with E-state index in [1.54, 1.807) is 23.9 Å². The molecule has 0 saturated carbocycles. The average molecular weight is 231 g/mol. The van der Waals surface area contributed by atoms with E-state index in [1.807, 2.05) is 0 Å². The van der Waals surface area contributed by atoms with Crippen LogP contribution in [-0.2, 0) is 0 Å². The van der Waals surface area contributed by atoms with Gasteiger partial charge in [0.15, 0.2) is 11.0 Å². The minimum Gasteiger partial charge on any atom is -0.442 e. The van der Waals surface area contributed by atoms with Crippen molar-refractivity contribution >= 4 is 29.1 Å². The monoisotopic (exact) mass is 230 g/mol. The molecule has 1 aliphatic rings. The Bertz CT molecular complexity index is 329. The minimum atomic E-state index is 0.0750. The molecule has 0 bridgehead atoms. The maximum absolute atomic E-state index is 11.8. The topological polar surface area (TPSA) is 30.2 Å². The maximum Gasteiger partial charge on any atom is 0.210 e. The number of hydrogen-bond donors (Lipinski definition) is 0. The third kappa shape index (κ3) is 2.15. The number of hydrogen-bond acceptors (Lipinski definition) is 3. The highest BCUT2D eigenvalue weighted by Gasteiger charge is 2.25. The van der Waals surface area contributed by atoms with Gasteiger partial charge in [-0.2, -0.15) is 11.8 Å². The number of Topliss-reactive ketones (excluding diaryl/α,β-unsaturated/α-hetero) is 1. The molecule has 1 aromatic rings. The third-order valence-corrected chi connectivity index (χ3v) is 3.87. The lowest BCUT2D eigenvalue weighted by molar-refractivity contribution is 0.0958. The number of furan rings is 1. The summed E-state index contributed by atoms with van der Waals surface area (Å²) in [6, 6.07) is 3.27. The highest BCUT2D eigenvalue weighted by atomic mass is 35.5. The summed E-state index contributed by atoms with van der Waals surface area (Å²) in [6.45, 7) is 0. The Morgan fingerprint density at radius 3 is 2.93 bits per heavy atom. The van der Waals surface area contributed by atoms with Crippen LogP contribution in [0.2, 0.25) is 5.22 Å². The van der Waals surface area contributed by atoms with Gasteiger partial charge in [0.25, 0.3) is 0 Å². The molecule has 0 radical (unpaired) electrons. The lowest BCUT2D eigenvalue weighted by Crippen LogP contribution is -2.20. The number of rotatable bonds is 2. The molecule has 0 aromatic carbocycles. The van der Waals surface area contributed by atoms with Gasteiger partial charge in [0.05, 0.1) is 5.25 Å². The van der Waals surface area contributed by atoms with Crippen molar-refractivity contribution in [3.63, 3.8) is 0 Å². The summed E-state index contributed by atoms with van der Waals surface area (Å²) in [7, 11) is 0. The first kappa shape index (κ1) is 10.1. The molecule has 0 N–H and O–H groups in total. The zero-order valence-electron chi connectivity index (χ0n) is 7.66. The molecular formula is C10H11ClO2S. The molecule has 1 unspecified atom stereocenters. The normalized spacial score (nSPS) is 22.2. The molecule has 1 fully saturated rings. The van der Waals surface area contributed by atoms with Crippen LogP contribution in [0.5, 0.6) is 0 Å². The van der Waals surface area contributed by atoms with Crippen LogP contribution < -0.4 is 0 Å². The van der Waals surface area contributed by atoms with Crippen LogP contribution in [0.4, 0.5) is 0 Å². The SMILES string of the molecule is O=C(c1ccc(Cl)o1)C1CCCCS1. The van der Waals surface area contributed by atoms with Gasteiger partial charge in [-0.25, -0.2) is 0 Å². The fraction of sp³-hybridized carbons (Fsp3) is 0.500. The van der Waals surface area contributed by atoms with Crippen molar-refractivity contribution < 1.29 is 9.21 Å². The van der Waals surface area contributed by atoms with Gasteiger partial charge in [-0.3, -0.25) is 4.79 Å². The third-order valence-electron chi connectivity index (χ3n) is 2.29. The highest BCUT2D eigenvalue weighted by molar-refractivity contribution is 8.00. The molecule has 0 spiro atoms. The van der Waals surface area contributed by atoms with Crippen molar-refractivity contribution in [1.29, 1.82) is 0 Å². The van der Waals surface area contributed by atoms with E-state index >= 15 is 0 Å². The van der Waals surface area contributed by atoms with Gasteiger partial charge in [0.2, 0.25) is 5.78 Å². The number of carbonyl (C=O) groups excluding carboxylic acids is 1. The van der Waals surface area contributed by atoms with Crippen molar-refractivity contribution in [2.45, 2.75) is 24.5 Å². The predicted molar refractivity (Wildman–Crippen MR) is 58.1 cm³/mol. The quantitative estimate of drug-likeness (QED) is 0.730. The van der Waals surface area contributed by atoms with Crippen LogP contribution in [0.1, 0.15) is 29.8 Å². The molecule has 2 rings (SSSR count). The van der Waals surface area contributed by atoms with E-state index in [-0.39, 0.29) is 16.3 Å². The van der Waals surface area contributed by atoms with E-state index < -0.39 is 0 Å². The fourth-order valence-electron chi connectivity index (χ4n) is 1.55. The standard InChI is InChI=1S/C10H11ClO2S/c11-9-5-4-7(13-9)10(12)8-3-1-2-6-14-8/h4-5,8H,1-3,6H2. The summed E-state index contributed by atoms with van der Waals surface area (Å²) in [5, 5.41) is 0.361. The Morgan fingerprint density at radius 1 is 1.50 bits per heavy atom. The molecule has 0 aliphatic carbocycles. The number of ketones is 1. The second-order valence-electron chi connectivity index (χ2n) is 3.32. The van der Waals surface area contributed by atoms with Gasteiger partial charge in [-0.05, 0) is 42.3 Å². The van der Waals surface area contributed by atoms with Gasteiger partial charge < -0.3 is 4.42 Å². The summed E-state index contributed by atoms with van der Waals surface area (Å²) in [4.78, 5) is 11.8. The van der Waals surface area contributed by atoms with E-state index in [0.29, 0.717) is 5.76 Å². The Morgan fingerprint density at radius 2 is 2.36 bits per heavy atom. The summed E-state index contributed by atoms with van der Waals surface area (Å²) in [5.74, 6) is 1.56. The zero-order chi connectivity index (χ0) is 9.97. The van der Waals surface area contributed by atoms with Gasteiger partial charge in [0.1, 0.15) is 0 Å². The molecule has 76 valence electrons. The lowest BCUT2D eigenvalue weighted by Gasteiger charge is -2.18. The molecule has 1 aromatic heterocycles. The molecule has 1 aliphatic heterocycles. The summed E-state index contributed by atoms with van der Waals surface area (Å²) in [6.07, 6.45) is 3.31. The van der Waals surface area contributed by atoms with Crippen LogP contribution in [0, 0.1) is 0 Å². The van der Waals surface area contributed by atoms with Crippen molar-refractivity contribution in [3.8, 4) is 0 Å². The van der Waals surface area contributed by atoms with E-state index in [2.05, 4.69) is 0 Å². The Labute approximate surface area is 92.0 Å². The van der Waals surface area contributed by atoms with E-state index in [4.69, 9.17) is 16.0 Å². The first-order chi connectivity index (χ1) is 6.77. The van der Waals surface area contributed by atoms with Crippen LogP contribution in [0.15, 0.2) is 16.5 Å². The smallest absolute Gasteiger partial charge is 0.210 e. The molecule has 0 amide bonds. The van der Waals surface area contributed by atoms with E-state index in [1.165, 1.54) is 6.42 Å². The first-order valence-corrected chi connectivity index (χ1v) is 6.11. The summed E-state index contributed by atoms with van der Waals surface area (Å²) >= 11 is 7.34. The van der Waals surface area contributed by atoms with Crippen molar-refractivity contribution in [1.82, 2.24) is 0 Å². The molecular weight excluding hydrogens is 220 g/mol. The van der Waals surface area contributed by atoms with Gasteiger partial charge >= 0.3 is 0 Å². The summed E-state index contributed by atoms with van der Waals surface area (Å²) < 4.78 is 5.10. The van der Waals surface area contributed by atoms with Crippen molar-refractivity contribution in [2.75, 3.05) is 5.75 Å². The van der Waals surface area contributed by atoms with Crippen LogP contribution in [0.3, 0.4) is 0 Å². The van der Waals surface area contributed by atoms with Crippen molar-refractivity contribution in [3.05, 3.63) is 23.1 Å². The number of halogens is 1. The lowest BCUT2D eigenvalue weighted by atomic mass is 10.1. The first-order valence-electron chi connectivity index (χ1n) is 4.68. The summed E-state index contributed by atoms with van der Waals surface area (Å²) in [5.41, 5.74) is 0. The van der Waals surface area contributed by atoms with Crippen LogP contribution >= 0.6 is 23.4 Å². The molecule has 2 heterocycles. The van der Waals surface area contributed by atoms with Gasteiger partial charge in [-0.15, -0.1) is 0 Å². The minimum absolute atomic E-state index is 0.0750. The highest BCUT2D eigenvalue weighted by Crippen LogP contribution is 2.28. The molecule has 2 nitrogen and oxygen atoms in total. The predicted octanol–water partition coefficient (Wildman–Crippen LogP) is 3.40. The Hall–Kier alpha value is -0.410. The largest absolute Gasteiger partial charge is 0.442 e. The number of thioether (sulfide) groups is 1. The zero-order valence-corrected chi connectivity index (χ0v) is 9.24. The Balaban J connectivity index is 2.07. The van der Waals surface area contributed by atoms with Crippen LogP contribution in [-0.4, -0.2) is 16.8 Å². The van der Waals surface area contributed by atoms with E-state index in [0.717, 1.165) is 18.6 Å². The maximum atomic E-state index is 11.8. The molecule has 1 saturated heterocycles. The molecule has 4 heteroatoms. The van der Waals surface area contributed by atoms with E-state index in [9.17, 15) is 4.79 Å². The fourth-order valence-corrected chi connectivity index (χ4v) is 2.96.